The van der Waals surface area contributed by atoms with Crippen LogP contribution in [0.2, 0.25) is 0 Å². The SMILES string of the molecule is CC(N)C(C)C(=O)N1CCOC(c2ccc(F)cc2)C1. The normalized spacial score (nSPS) is 22.4. The number of ether oxygens (including phenoxy) is 1. The quantitative estimate of drug-likeness (QED) is 0.917. The summed E-state index contributed by atoms with van der Waals surface area (Å²) in [6.07, 6.45) is -0.200. The van der Waals surface area contributed by atoms with Crippen molar-refractivity contribution in [2.45, 2.75) is 26.0 Å². The van der Waals surface area contributed by atoms with E-state index in [1.807, 2.05) is 13.8 Å². The second-order valence-electron chi connectivity index (χ2n) is 5.34. The van der Waals surface area contributed by atoms with Crippen molar-refractivity contribution in [1.29, 1.82) is 0 Å². The molecule has 5 heteroatoms. The smallest absolute Gasteiger partial charge is 0.227 e. The summed E-state index contributed by atoms with van der Waals surface area (Å²) in [5.74, 6) is -0.430. The largest absolute Gasteiger partial charge is 0.370 e. The minimum Gasteiger partial charge on any atom is -0.370 e. The monoisotopic (exact) mass is 280 g/mol. The Bertz CT molecular complexity index is 461. The molecule has 1 saturated heterocycles. The average Bonchev–Trinajstić information content (AvgIpc) is 2.46. The van der Waals surface area contributed by atoms with E-state index in [0.29, 0.717) is 19.7 Å². The Balaban J connectivity index is 2.05. The second kappa shape index (κ2) is 6.33. The topological polar surface area (TPSA) is 55.6 Å². The van der Waals surface area contributed by atoms with Crippen LogP contribution in [-0.2, 0) is 9.53 Å². The van der Waals surface area contributed by atoms with Crippen LogP contribution in [0.5, 0.6) is 0 Å². The lowest BCUT2D eigenvalue weighted by Gasteiger charge is -2.35. The zero-order chi connectivity index (χ0) is 14.7. The minimum atomic E-state index is -0.275. The predicted molar refractivity (Wildman–Crippen MR) is 74.5 cm³/mol. The van der Waals surface area contributed by atoms with Gasteiger partial charge in [-0.05, 0) is 24.6 Å². The molecule has 1 fully saturated rings. The first-order chi connectivity index (χ1) is 9.49. The van der Waals surface area contributed by atoms with Crippen LogP contribution >= 0.6 is 0 Å². The number of nitrogens with zero attached hydrogens (tertiary/aromatic N) is 1. The molecular weight excluding hydrogens is 259 g/mol. The molecule has 0 saturated carbocycles. The van der Waals surface area contributed by atoms with E-state index in [1.54, 1.807) is 17.0 Å². The lowest BCUT2D eigenvalue weighted by Crippen LogP contribution is -2.47. The molecule has 110 valence electrons. The number of carbonyl (C=O) groups excluding carboxylic acids is 1. The fourth-order valence-electron chi connectivity index (χ4n) is 2.24. The lowest BCUT2D eigenvalue weighted by atomic mass is 10.0. The lowest BCUT2D eigenvalue weighted by molar-refractivity contribution is -0.143. The Morgan fingerprint density at radius 2 is 2.05 bits per heavy atom. The Morgan fingerprint density at radius 1 is 1.40 bits per heavy atom. The molecule has 0 aromatic heterocycles. The van der Waals surface area contributed by atoms with Gasteiger partial charge in [-0.15, -0.1) is 0 Å². The summed E-state index contributed by atoms with van der Waals surface area (Å²) in [6, 6.07) is 6.04. The molecule has 0 spiro atoms. The van der Waals surface area contributed by atoms with Crippen molar-refractivity contribution >= 4 is 5.91 Å². The molecule has 0 aliphatic carbocycles. The van der Waals surface area contributed by atoms with Crippen LogP contribution in [0.1, 0.15) is 25.5 Å². The highest BCUT2D eigenvalue weighted by molar-refractivity contribution is 5.79. The molecule has 3 atom stereocenters. The summed E-state index contributed by atoms with van der Waals surface area (Å²) in [5, 5.41) is 0. The molecule has 1 aromatic carbocycles. The molecule has 2 N–H and O–H groups in total. The average molecular weight is 280 g/mol. The van der Waals surface area contributed by atoms with E-state index < -0.39 is 0 Å². The van der Waals surface area contributed by atoms with Crippen molar-refractivity contribution < 1.29 is 13.9 Å². The van der Waals surface area contributed by atoms with Gasteiger partial charge in [0.25, 0.3) is 0 Å². The molecular formula is C15H21FN2O2. The van der Waals surface area contributed by atoms with Crippen LogP contribution in [0.25, 0.3) is 0 Å². The highest BCUT2D eigenvalue weighted by Gasteiger charge is 2.29. The van der Waals surface area contributed by atoms with Crippen LogP contribution < -0.4 is 5.73 Å². The highest BCUT2D eigenvalue weighted by Crippen LogP contribution is 2.23. The Labute approximate surface area is 118 Å². The number of hydrogen-bond donors (Lipinski definition) is 1. The number of hydrogen-bond acceptors (Lipinski definition) is 3. The molecule has 1 aliphatic heterocycles. The van der Waals surface area contributed by atoms with Crippen molar-refractivity contribution in [2.75, 3.05) is 19.7 Å². The van der Waals surface area contributed by atoms with Gasteiger partial charge in [-0.3, -0.25) is 4.79 Å². The zero-order valence-electron chi connectivity index (χ0n) is 11.9. The summed E-state index contributed by atoms with van der Waals surface area (Å²) < 4.78 is 18.6. The third-order valence-corrected chi connectivity index (χ3v) is 3.80. The number of carbonyl (C=O) groups is 1. The minimum absolute atomic E-state index is 0.0513. The number of halogens is 1. The molecule has 0 radical (unpaired) electrons. The van der Waals surface area contributed by atoms with Gasteiger partial charge in [-0.2, -0.15) is 0 Å². The summed E-state index contributed by atoms with van der Waals surface area (Å²) in [5.41, 5.74) is 6.67. The first-order valence-electron chi connectivity index (χ1n) is 6.90. The molecule has 1 heterocycles. The van der Waals surface area contributed by atoms with Crippen molar-refractivity contribution in [3.05, 3.63) is 35.6 Å². The van der Waals surface area contributed by atoms with E-state index in [-0.39, 0.29) is 29.8 Å². The molecule has 4 nitrogen and oxygen atoms in total. The van der Waals surface area contributed by atoms with E-state index in [2.05, 4.69) is 0 Å². The van der Waals surface area contributed by atoms with Gasteiger partial charge in [0, 0.05) is 12.6 Å². The Hall–Kier alpha value is -1.46. The highest BCUT2D eigenvalue weighted by atomic mass is 19.1. The van der Waals surface area contributed by atoms with Gasteiger partial charge in [0.15, 0.2) is 0 Å². The summed E-state index contributed by atoms with van der Waals surface area (Å²) in [7, 11) is 0. The van der Waals surface area contributed by atoms with Crippen LogP contribution in [0.3, 0.4) is 0 Å². The number of rotatable bonds is 3. The third kappa shape index (κ3) is 3.35. The van der Waals surface area contributed by atoms with Crippen LogP contribution in [-0.4, -0.2) is 36.5 Å². The van der Waals surface area contributed by atoms with Gasteiger partial charge in [0.1, 0.15) is 11.9 Å². The molecule has 3 unspecified atom stereocenters. The van der Waals surface area contributed by atoms with Crippen molar-refractivity contribution in [1.82, 2.24) is 4.90 Å². The van der Waals surface area contributed by atoms with Gasteiger partial charge >= 0.3 is 0 Å². The summed E-state index contributed by atoms with van der Waals surface area (Å²) in [6.45, 7) is 5.23. The number of nitrogens with two attached hydrogens (primary N) is 1. The molecule has 1 aromatic rings. The zero-order valence-corrected chi connectivity index (χ0v) is 11.9. The van der Waals surface area contributed by atoms with Gasteiger partial charge in [-0.1, -0.05) is 19.1 Å². The van der Waals surface area contributed by atoms with Gasteiger partial charge < -0.3 is 15.4 Å². The molecule has 2 rings (SSSR count). The summed E-state index contributed by atoms with van der Waals surface area (Å²) >= 11 is 0. The van der Waals surface area contributed by atoms with Crippen LogP contribution in [0, 0.1) is 11.7 Å². The predicted octanol–water partition coefficient (Wildman–Crippen LogP) is 1.71. The summed E-state index contributed by atoms with van der Waals surface area (Å²) in [4.78, 5) is 14.1. The number of amides is 1. The number of benzene rings is 1. The maximum atomic E-state index is 12.9. The van der Waals surface area contributed by atoms with E-state index in [4.69, 9.17) is 10.5 Å². The Kier molecular flexibility index (Phi) is 4.73. The second-order valence-corrected chi connectivity index (χ2v) is 5.34. The van der Waals surface area contributed by atoms with Gasteiger partial charge in [0.05, 0.1) is 19.1 Å². The van der Waals surface area contributed by atoms with Crippen molar-refractivity contribution in [3.63, 3.8) is 0 Å². The van der Waals surface area contributed by atoms with E-state index >= 15 is 0 Å². The van der Waals surface area contributed by atoms with Crippen molar-refractivity contribution in [2.24, 2.45) is 11.7 Å². The van der Waals surface area contributed by atoms with Crippen molar-refractivity contribution in [3.8, 4) is 0 Å². The van der Waals surface area contributed by atoms with Gasteiger partial charge in [0.2, 0.25) is 5.91 Å². The van der Waals surface area contributed by atoms with E-state index in [1.165, 1.54) is 12.1 Å². The van der Waals surface area contributed by atoms with E-state index in [9.17, 15) is 9.18 Å². The number of morpholine rings is 1. The van der Waals surface area contributed by atoms with E-state index in [0.717, 1.165) is 5.56 Å². The van der Waals surface area contributed by atoms with Gasteiger partial charge in [-0.25, -0.2) is 4.39 Å². The molecule has 0 bridgehead atoms. The maximum absolute atomic E-state index is 12.9. The van der Waals surface area contributed by atoms with Crippen LogP contribution in [0.4, 0.5) is 4.39 Å². The standard InChI is InChI=1S/C15H21FN2O2/c1-10(11(2)17)15(19)18-7-8-20-14(9-18)12-3-5-13(16)6-4-12/h3-6,10-11,14H,7-9,17H2,1-2H3. The molecule has 20 heavy (non-hydrogen) atoms. The molecule has 1 aliphatic rings. The first kappa shape index (κ1) is 14.9. The fourth-order valence-corrected chi connectivity index (χ4v) is 2.24. The van der Waals surface area contributed by atoms with Crippen LogP contribution in [0.15, 0.2) is 24.3 Å². The fraction of sp³-hybridized carbons (Fsp3) is 0.533. The first-order valence-corrected chi connectivity index (χ1v) is 6.90. The maximum Gasteiger partial charge on any atom is 0.227 e. The Morgan fingerprint density at radius 3 is 2.65 bits per heavy atom. The third-order valence-electron chi connectivity index (χ3n) is 3.80. The molecule has 1 amide bonds.